The molecule has 7 heteroatoms. The summed E-state index contributed by atoms with van der Waals surface area (Å²) in [6.45, 7) is 2.99. The molecule has 1 aromatic heterocycles. The first-order chi connectivity index (χ1) is 11.7. The van der Waals surface area contributed by atoms with Crippen LogP contribution in [0.25, 0.3) is 5.32 Å². The lowest BCUT2D eigenvalue weighted by molar-refractivity contribution is 0.284. The van der Waals surface area contributed by atoms with Crippen molar-refractivity contribution in [2.45, 2.75) is 20.1 Å². The molecule has 7 nitrogen and oxygen atoms in total. The van der Waals surface area contributed by atoms with E-state index in [-0.39, 0.29) is 0 Å². The lowest BCUT2D eigenvalue weighted by Crippen LogP contribution is -1.98. The zero-order chi connectivity index (χ0) is 16.8. The van der Waals surface area contributed by atoms with E-state index < -0.39 is 0 Å². The molecule has 0 unspecified atom stereocenters. The van der Waals surface area contributed by atoms with E-state index in [1.165, 1.54) is 5.56 Å². The van der Waals surface area contributed by atoms with Crippen LogP contribution in [0.4, 0.5) is 5.95 Å². The Morgan fingerprint density at radius 1 is 1.08 bits per heavy atom. The number of hydrogen-bond acceptors (Lipinski definition) is 5. The van der Waals surface area contributed by atoms with E-state index in [2.05, 4.69) is 45.0 Å². The number of ether oxygens (including phenoxy) is 2. The number of H-pyrrole nitrogens is 1. The van der Waals surface area contributed by atoms with Gasteiger partial charge in [0.25, 0.3) is 0 Å². The number of benzene rings is 2. The van der Waals surface area contributed by atoms with Gasteiger partial charge in [0.2, 0.25) is 0 Å². The second-order valence-corrected chi connectivity index (χ2v) is 5.29. The van der Waals surface area contributed by atoms with Crippen molar-refractivity contribution < 1.29 is 9.47 Å². The lowest BCUT2D eigenvalue weighted by Gasteiger charge is -2.13. The van der Waals surface area contributed by atoms with E-state index in [0.717, 1.165) is 11.1 Å². The quantitative estimate of drug-likeness (QED) is 0.720. The molecule has 0 bridgehead atoms. The number of nitrogens with zero attached hydrogens (tertiary/aromatic N) is 4. The Labute approximate surface area is 140 Å². The van der Waals surface area contributed by atoms with Gasteiger partial charge in [0.1, 0.15) is 6.61 Å². The van der Waals surface area contributed by atoms with Crippen molar-refractivity contribution in [2.75, 3.05) is 7.11 Å². The topological polar surface area (TPSA) is 87.0 Å². The van der Waals surface area contributed by atoms with E-state index in [9.17, 15) is 0 Å². The maximum atomic E-state index is 5.88. The second kappa shape index (κ2) is 7.45. The first kappa shape index (κ1) is 15.8. The highest BCUT2D eigenvalue weighted by Gasteiger charge is 2.06. The van der Waals surface area contributed by atoms with Crippen molar-refractivity contribution in [2.24, 2.45) is 0 Å². The molecule has 0 atom stereocenters. The van der Waals surface area contributed by atoms with Crippen molar-refractivity contribution in [1.29, 1.82) is 0 Å². The third-order valence-electron chi connectivity index (χ3n) is 3.44. The van der Waals surface area contributed by atoms with E-state index in [4.69, 9.17) is 9.47 Å². The fraction of sp³-hybridized carbons (Fsp3) is 0.235. The Bertz CT molecular complexity index is 789. The SMILES string of the molecule is COc1cc(C[N-]c2nn[nH]n2)ccc1OCc1cccc(C)c1. The van der Waals surface area contributed by atoms with Crippen LogP contribution < -0.4 is 9.47 Å². The van der Waals surface area contributed by atoms with Crippen LogP contribution in [0.3, 0.4) is 0 Å². The van der Waals surface area contributed by atoms with E-state index in [1.54, 1.807) is 7.11 Å². The number of aryl methyl sites for hydroxylation is 1. The van der Waals surface area contributed by atoms with Crippen LogP contribution >= 0.6 is 0 Å². The molecule has 3 rings (SSSR count). The highest BCUT2D eigenvalue weighted by atomic mass is 16.5. The van der Waals surface area contributed by atoms with Crippen molar-refractivity contribution in [1.82, 2.24) is 20.6 Å². The van der Waals surface area contributed by atoms with Crippen LogP contribution in [-0.2, 0) is 13.2 Å². The Morgan fingerprint density at radius 3 is 2.75 bits per heavy atom. The predicted molar refractivity (Wildman–Crippen MR) is 89.4 cm³/mol. The van der Waals surface area contributed by atoms with Crippen molar-refractivity contribution in [3.63, 3.8) is 0 Å². The summed E-state index contributed by atoms with van der Waals surface area (Å²) in [7, 11) is 1.62. The standard InChI is InChI=1S/C17H18N5O2/c1-12-4-3-5-14(8-12)11-24-15-7-6-13(9-16(15)23-2)10-18-17-19-21-22-20-17/h3-9H,10-11H2,1-2H3,(H-,18,19,20,21,22)/q-1. The molecule has 0 aliphatic carbocycles. The minimum Gasteiger partial charge on any atom is -0.493 e. The van der Waals surface area contributed by atoms with Crippen LogP contribution in [0, 0.1) is 6.92 Å². The van der Waals surface area contributed by atoms with Gasteiger partial charge < -0.3 is 14.8 Å². The number of aromatic nitrogens is 4. The van der Waals surface area contributed by atoms with Gasteiger partial charge >= 0.3 is 0 Å². The van der Waals surface area contributed by atoms with Gasteiger partial charge in [-0.2, -0.15) is 0 Å². The first-order valence-electron chi connectivity index (χ1n) is 7.51. The van der Waals surface area contributed by atoms with Crippen LogP contribution in [0.5, 0.6) is 11.5 Å². The van der Waals surface area contributed by atoms with Crippen LogP contribution in [-0.4, -0.2) is 27.7 Å². The van der Waals surface area contributed by atoms with Gasteiger partial charge in [-0.1, -0.05) is 35.9 Å². The predicted octanol–water partition coefficient (Wildman–Crippen LogP) is 3.30. The van der Waals surface area contributed by atoms with Gasteiger partial charge in [-0.15, -0.1) is 5.21 Å². The highest BCUT2D eigenvalue weighted by molar-refractivity contribution is 5.44. The number of hydrogen-bond donors (Lipinski definition) is 1. The summed E-state index contributed by atoms with van der Waals surface area (Å²) in [5.74, 6) is 1.69. The van der Waals surface area contributed by atoms with Crippen molar-refractivity contribution in [3.05, 3.63) is 64.5 Å². The Kier molecular flexibility index (Phi) is 4.90. The zero-order valence-electron chi connectivity index (χ0n) is 13.6. The van der Waals surface area contributed by atoms with Gasteiger partial charge in [-0.05, 0) is 30.2 Å². The van der Waals surface area contributed by atoms with E-state index in [0.29, 0.717) is 30.6 Å². The summed E-state index contributed by atoms with van der Waals surface area (Å²) >= 11 is 0. The Balaban J connectivity index is 1.65. The smallest absolute Gasteiger partial charge is 0.161 e. The third-order valence-corrected chi connectivity index (χ3v) is 3.44. The van der Waals surface area contributed by atoms with Gasteiger partial charge in [0.15, 0.2) is 11.5 Å². The molecule has 124 valence electrons. The number of nitrogens with one attached hydrogen (secondary N) is 1. The molecule has 0 saturated heterocycles. The third kappa shape index (κ3) is 4.01. The zero-order valence-corrected chi connectivity index (χ0v) is 13.6. The van der Waals surface area contributed by atoms with Crippen LogP contribution in [0.2, 0.25) is 0 Å². The summed E-state index contributed by atoms with van der Waals surface area (Å²) in [4.78, 5) is 0. The molecule has 0 radical (unpaired) electrons. The average Bonchev–Trinajstić information content (AvgIpc) is 3.12. The summed E-state index contributed by atoms with van der Waals surface area (Å²) in [6, 6.07) is 13.9. The largest absolute Gasteiger partial charge is 0.493 e. The normalized spacial score (nSPS) is 10.4. The average molecular weight is 324 g/mol. The molecule has 0 aliphatic heterocycles. The summed E-state index contributed by atoms with van der Waals surface area (Å²) in [6.07, 6.45) is 0. The molecule has 2 aromatic carbocycles. The van der Waals surface area contributed by atoms with E-state index >= 15 is 0 Å². The van der Waals surface area contributed by atoms with Crippen molar-refractivity contribution >= 4 is 5.95 Å². The fourth-order valence-corrected chi connectivity index (χ4v) is 2.28. The molecule has 1 heterocycles. The van der Waals surface area contributed by atoms with Crippen molar-refractivity contribution in [3.8, 4) is 11.5 Å². The van der Waals surface area contributed by atoms with E-state index in [1.807, 2.05) is 30.3 Å². The second-order valence-electron chi connectivity index (χ2n) is 5.29. The maximum absolute atomic E-state index is 5.88. The molecule has 0 fully saturated rings. The fourth-order valence-electron chi connectivity index (χ4n) is 2.28. The summed E-state index contributed by atoms with van der Waals surface area (Å²) in [5, 5.41) is 17.6. The molecular weight excluding hydrogens is 306 g/mol. The van der Waals surface area contributed by atoms with Gasteiger partial charge in [-0.25, -0.2) is 0 Å². The van der Waals surface area contributed by atoms with Gasteiger partial charge in [0, 0.05) is 6.54 Å². The summed E-state index contributed by atoms with van der Waals surface area (Å²) in [5.41, 5.74) is 3.30. The minimum atomic E-state index is 0.328. The molecule has 0 saturated carbocycles. The molecule has 3 aromatic rings. The first-order valence-corrected chi connectivity index (χ1v) is 7.51. The highest BCUT2D eigenvalue weighted by Crippen LogP contribution is 2.30. The summed E-state index contributed by atoms with van der Waals surface area (Å²) < 4.78 is 11.3. The maximum Gasteiger partial charge on any atom is 0.161 e. The van der Waals surface area contributed by atoms with Crippen LogP contribution in [0.1, 0.15) is 16.7 Å². The van der Waals surface area contributed by atoms with Crippen LogP contribution in [0.15, 0.2) is 42.5 Å². The lowest BCUT2D eigenvalue weighted by atomic mass is 10.1. The van der Waals surface area contributed by atoms with Gasteiger partial charge in [-0.3, -0.25) is 15.4 Å². The van der Waals surface area contributed by atoms with Gasteiger partial charge in [0.05, 0.1) is 13.1 Å². The molecule has 0 spiro atoms. The minimum absolute atomic E-state index is 0.328. The molecular formula is C17H18N5O2-. The number of methoxy groups -OCH3 is 1. The number of tetrazole rings is 1. The Hall–Kier alpha value is -3.09. The number of rotatable bonds is 7. The molecule has 24 heavy (non-hydrogen) atoms. The monoisotopic (exact) mass is 324 g/mol. The molecule has 1 N–H and O–H groups in total. The Morgan fingerprint density at radius 2 is 2.00 bits per heavy atom. The number of aromatic amines is 1. The molecule has 0 amide bonds. The molecule has 0 aliphatic rings.